The smallest absolute Gasteiger partial charge is 0.333 e. The first-order valence-corrected chi connectivity index (χ1v) is 11.7. The summed E-state index contributed by atoms with van der Waals surface area (Å²) >= 11 is 0. The van der Waals surface area contributed by atoms with E-state index in [-0.39, 0.29) is 37.2 Å². The van der Waals surface area contributed by atoms with E-state index in [9.17, 15) is 43.5 Å². The number of hydrogen-bond donors (Lipinski definition) is 5. The number of ether oxygens (including phenoxy) is 2. The van der Waals surface area contributed by atoms with Crippen molar-refractivity contribution in [2.24, 2.45) is 0 Å². The monoisotopic (exact) mass is 482 g/mol. The number of esters is 2. The first-order chi connectivity index (χ1) is 14.8. The molecule has 0 heterocycles. The molecule has 0 fully saturated rings. The van der Waals surface area contributed by atoms with Crippen LogP contribution in [-0.4, -0.2) is 102 Å². The molecule has 5 N–H and O–H groups in total. The van der Waals surface area contributed by atoms with Crippen LogP contribution in [0.25, 0.3) is 0 Å². The summed E-state index contributed by atoms with van der Waals surface area (Å²) in [7, 11) is -3.79. The van der Waals surface area contributed by atoms with E-state index in [1.54, 1.807) is 13.8 Å². The summed E-state index contributed by atoms with van der Waals surface area (Å²) in [5.74, 6) is -1.22. The Morgan fingerprint density at radius 2 is 1.31 bits per heavy atom. The van der Waals surface area contributed by atoms with Gasteiger partial charge in [-0.3, -0.25) is 4.18 Å². The van der Waals surface area contributed by atoms with Crippen molar-refractivity contribution in [2.75, 3.05) is 19.5 Å². The van der Waals surface area contributed by atoms with Crippen LogP contribution in [-0.2, 0) is 33.4 Å². The quantitative estimate of drug-likeness (QED) is 0.205. The molecule has 0 aromatic heterocycles. The topological polar surface area (TPSA) is 197 Å². The van der Waals surface area contributed by atoms with Crippen LogP contribution in [0.15, 0.2) is 23.3 Å². The van der Waals surface area contributed by atoms with Gasteiger partial charge in [-0.25, -0.2) is 9.59 Å². The van der Waals surface area contributed by atoms with Crippen molar-refractivity contribution in [3.05, 3.63) is 23.3 Å². The van der Waals surface area contributed by atoms with Gasteiger partial charge >= 0.3 is 11.9 Å². The lowest BCUT2D eigenvalue weighted by Gasteiger charge is -2.29. The maximum Gasteiger partial charge on any atom is 0.333 e. The largest absolute Gasteiger partial charge is 0.463 e. The number of aliphatic hydroxyl groups excluding tert-OH is 5. The van der Waals surface area contributed by atoms with E-state index in [0.717, 1.165) is 12.3 Å². The van der Waals surface area contributed by atoms with E-state index in [2.05, 4.69) is 4.18 Å². The van der Waals surface area contributed by atoms with Crippen LogP contribution in [0.3, 0.4) is 0 Å². The molecule has 2 aliphatic rings. The minimum absolute atomic E-state index is 0.0110. The predicted molar refractivity (Wildman–Crippen MR) is 108 cm³/mol. The van der Waals surface area contributed by atoms with Gasteiger partial charge in [0, 0.05) is 24.0 Å². The lowest BCUT2D eigenvalue weighted by Crippen LogP contribution is -2.43. The van der Waals surface area contributed by atoms with E-state index in [4.69, 9.17) is 9.47 Å². The van der Waals surface area contributed by atoms with Crippen LogP contribution in [0, 0.1) is 0 Å². The van der Waals surface area contributed by atoms with E-state index in [1.807, 2.05) is 0 Å². The van der Waals surface area contributed by atoms with Gasteiger partial charge in [0.05, 0.1) is 25.6 Å². The van der Waals surface area contributed by atoms with Gasteiger partial charge in [0.25, 0.3) is 10.1 Å². The second kappa shape index (κ2) is 12.4. The van der Waals surface area contributed by atoms with Crippen molar-refractivity contribution in [2.45, 2.75) is 63.3 Å². The number of carbonyl (C=O) groups is 2. The number of hydrogen-bond acceptors (Lipinski definition) is 12. The maximum atomic E-state index is 11.5. The molecule has 0 saturated heterocycles. The minimum atomic E-state index is -3.79. The molecular formula is C19H30O12S. The van der Waals surface area contributed by atoms with Crippen molar-refractivity contribution in [3.8, 4) is 0 Å². The van der Waals surface area contributed by atoms with E-state index in [1.165, 1.54) is 6.08 Å². The Morgan fingerprint density at radius 1 is 0.875 bits per heavy atom. The van der Waals surface area contributed by atoms with Gasteiger partial charge in [-0.05, 0) is 26.0 Å². The SMILES string of the molecule is CCOC(=O)C1=C[C@@H](O)[C@@H](O)[C@H](O)C1.CCOC(=O)C1=C[C@@H](O)[C@@H](O)[C@H](OS(C)(=O)=O)C1. The highest BCUT2D eigenvalue weighted by atomic mass is 32.2. The molecule has 0 aromatic rings. The molecule has 32 heavy (non-hydrogen) atoms. The van der Waals surface area contributed by atoms with E-state index < -0.39 is 58.7 Å². The van der Waals surface area contributed by atoms with Gasteiger partial charge in [0.1, 0.15) is 30.5 Å². The molecule has 0 aromatic carbocycles. The summed E-state index contributed by atoms with van der Waals surface area (Å²) in [6.45, 7) is 3.69. The molecule has 0 spiro atoms. The molecule has 6 atom stereocenters. The van der Waals surface area contributed by atoms with Gasteiger partial charge < -0.3 is 35.0 Å². The normalized spacial score (nSPS) is 30.2. The molecular weight excluding hydrogens is 452 g/mol. The highest BCUT2D eigenvalue weighted by Crippen LogP contribution is 2.24. The lowest BCUT2D eigenvalue weighted by molar-refractivity contribution is -0.140. The molecule has 0 amide bonds. The fourth-order valence-corrected chi connectivity index (χ4v) is 3.57. The van der Waals surface area contributed by atoms with Crippen LogP contribution in [0.5, 0.6) is 0 Å². The molecule has 0 saturated carbocycles. The first-order valence-electron chi connectivity index (χ1n) is 9.84. The van der Waals surface area contributed by atoms with Crippen LogP contribution in [0.2, 0.25) is 0 Å². The Morgan fingerprint density at radius 3 is 1.72 bits per heavy atom. The highest BCUT2D eigenvalue weighted by molar-refractivity contribution is 7.86. The fraction of sp³-hybridized carbons (Fsp3) is 0.684. The molecule has 12 nitrogen and oxygen atoms in total. The molecule has 0 radical (unpaired) electrons. The predicted octanol–water partition coefficient (Wildman–Crippen LogP) is -2.09. The third-order valence-corrected chi connectivity index (χ3v) is 5.04. The van der Waals surface area contributed by atoms with Crippen molar-refractivity contribution in [1.82, 2.24) is 0 Å². The summed E-state index contributed by atoms with van der Waals surface area (Å²) in [6, 6.07) is 0. The zero-order chi connectivity index (χ0) is 24.6. The minimum Gasteiger partial charge on any atom is -0.463 e. The second-order valence-electron chi connectivity index (χ2n) is 7.10. The van der Waals surface area contributed by atoms with Gasteiger partial charge in [0.2, 0.25) is 0 Å². The van der Waals surface area contributed by atoms with Gasteiger partial charge in [0.15, 0.2) is 0 Å². The molecule has 0 unspecified atom stereocenters. The second-order valence-corrected chi connectivity index (χ2v) is 8.70. The zero-order valence-corrected chi connectivity index (χ0v) is 18.8. The van der Waals surface area contributed by atoms with Crippen LogP contribution >= 0.6 is 0 Å². The van der Waals surface area contributed by atoms with E-state index in [0.29, 0.717) is 0 Å². The number of rotatable bonds is 6. The van der Waals surface area contributed by atoms with Crippen molar-refractivity contribution in [3.63, 3.8) is 0 Å². The third kappa shape index (κ3) is 8.58. The zero-order valence-electron chi connectivity index (χ0n) is 17.9. The Labute approximate surface area is 185 Å². The third-order valence-electron chi connectivity index (χ3n) is 4.44. The van der Waals surface area contributed by atoms with E-state index >= 15 is 0 Å². The Bertz CT molecular complexity index is 818. The summed E-state index contributed by atoms with van der Waals surface area (Å²) in [6.07, 6.45) is -4.46. The number of carbonyl (C=O) groups excluding carboxylic acids is 2. The fourth-order valence-electron chi connectivity index (χ4n) is 2.94. The van der Waals surface area contributed by atoms with Gasteiger partial charge in [-0.2, -0.15) is 8.42 Å². The number of aliphatic hydroxyl groups is 5. The first kappa shape index (κ1) is 28.2. The molecule has 13 heteroatoms. The van der Waals surface area contributed by atoms with Crippen molar-refractivity contribution >= 4 is 22.1 Å². The Balaban J connectivity index is 0.000000330. The summed E-state index contributed by atoms with van der Waals surface area (Å²) in [5, 5.41) is 46.8. The average molecular weight is 483 g/mol. The van der Waals surface area contributed by atoms with Crippen LogP contribution in [0.1, 0.15) is 26.7 Å². The van der Waals surface area contributed by atoms with Crippen LogP contribution < -0.4 is 0 Å². The summed E-state index contributed by atoms with van der Waals surface area (Å²) < 4.78 is 36.1. The summed E-state index contributed by atoms with van der Waals surface area (Å²) in [5.41, 5.74) is 0.292. The Kier molecular flexibility index (Phi) is 10.9. The van der Waals surface area contributed by atoms with Gasteiger partial charge in [-0.15, -0.1) is 0 Å². The van der Waals surface area contributed by atoms with Crippen molar-refractivity contribution in [1.29, 1.82) is 0 Å². The standard InChI is InChI=1S/C10H16O7S.C9H14O5/c1-3-16-10(13)6-4-7(11)9(12)8(5-6)17-18(2,14)15;1-2-14-9(13)5-3-6(10)8(12)7(11)4-5/h4,7-9,11-12H,3,5H2,1-2H3;3,6-8,10-12H,2,4H2,1H3/t7-,8-,9-;6-,7-,8-/m11/s1. The highest BCUT2D eigenvalue weighted by Gasteiger charge is 2.36. The molecule has 2 rings (SSSR count). The van der Waals surface area contributed by atoms with Gasteiger partial charge in [-0.1, -0.05) is 0 Å². The Hall–Kier alpha value is -1.87. The molecule has 0 bridgehead atoms. The average Bonchev–Trinajstić information content (AvgIpc) is 2.69. The lowest BCUT2D eigenvalue weighted by atomic mass is 9.92. The van der Waals surface area contributed by atoms with Crippen LogP contribution in [0.4, 0.5) is 0 Å². The maximum absolute atomic E-state index is 11.5. The van der Waals surface area contributed by atoms with Crippen molar-refractivity contribution < 1.29 is 57.2 Å². The molecule has 2 aliphatic carbocycles. The molecule has 184 valence electrons. The summed E-state index contributed by atoms with van der Waals surface area (Å²) in [4.78, 5) is 22.7. The molecule has 0 aliphatic heterocycles.